The highest BCUT2D eigenvalue weighted by Gasteiger charge is 2.48. The number of carbonyl (C=O) groups is 1. The van der Waals surface area contributed by atoms with E-state index in [1.54, 1.807) is 12.1 Å². The Bertz CT molecular complexity index is 1590. The number of ether oxygens (including phenoxy) is 2. The van der Waals surface area contributed by atoms with Crippen molar-refractivity contribution in [1.29, 1.82) is 0 Å². The normalized spacial score (nSPS) is 21.8. The Hall–Kier alpha value is -4.54. The van der Waals surface area contributed by atoms with Gasteiger partial charge in [-0.2, -0.15) is 15.0 Å². The number of rotatable bonds is 19. The van der Waals surface area contributed by atoms with Crippen LogP contribution >= 0.6 is 0 Å². The third-order valence-corrected chi connectivity index (χ3v) is 10.7. The predicted octanol–water partition coefficient (Wildman–Crippen LogP) is 6.62. The SMILES string of the molecule is O=C(NCCOCCOCCNc1nc(NCCC(c2ccccc2)c2ccccc2)nc(NC2C3CC4CC(C3)CC2C4)n1)c1ccccc1. The molecule has 0 saturated heterocycles. The van der Waals surface area contributed by atoms with Gasteiger partial charge in [0.25, 0.3) is 5.91 Å². The number of carbonyl (C=O) groups excluding carboxylic acids is 1. The van der Waals surface area contributed by atoms with E-state index in [2.05, 4.69) is 81.9 Å². The molecule has 268 valence electrons. The van der Waals surface area contributed by atoms with Gasteiger partial charge in [0.1, 0.15) is 0 Å². The lowest BCUT2D eigenvalue weighted by Crippen LogP contribution is -2.51. The Balaban J connectivity index is 0.909. The van der Waals surface area contributed by atoms with Crippen LogP contribution in [0.2, 0.25) is 0 Å². The molecule has 10 nitrogen and oxygen atoms in total. The molecule has 1 amide bonds. The van der Waals surface area contributed by atoms with E-state index < -0.39 is 0 Å². The molecule has 4 bridgehead atoms. The van der Waals surface area contributed by atoms with E-state index in [0.29, 0.717) is 87.3 Å². The minimum absolute atomic E-state index is 0.0989. The van der Waals surface area contributed by atoms with E-state index in [1.165, 1.54) is 43.2 Å². The molecule has 0 radical (unpaired) electrons. The molecule has 0 spiro atoms. The zero-order valence-corrected chi connectivity index (χ0v) is 29.4. The molecule has 10 heteroatoms. The first kappa shape index (κ1) is 34.9. The van der Waals surface area contributed by atoms with E-state index in [4.69, 9.17) is 24.4 Å². The Morgan fingerprint density at radius 2 is 1.12 bits per heavy atom. The van der Waals surface area contributed by atoms with Crippen molar-refractivity contribution in [2.45, 2.75) is 50.5 Å². The summed E-state index contributed by atoms with van der Waals surface area (Å²) < 4.78 is 11.4. The van der Waals surface area contributed by atoms with Crippen LogP contribution in [-0.2, 0) is 9.47 Å². The molecule has 3 aromatic carbocycles. The van der Waals surface area contributed by atoms with Gasteiger partial charge in [0.15, 0.2) is 0 Å². The van der Waals surface area contributed by atoms with E-state index in [9.17, 15) is 4.79 Å². The first-order valence-corrected chi connectivity index (χ1v) is 18.8. The summed E-state index contributed by atoms with van der Waals surface area (Å²) in [5.41, 5.74) is 3.24. The largest absolute Gasteiger partial charge is 0.377 e. The van der Waals surface area contributed by atoms with Gasteiger partial charge in [-0.05, 0) is 85.5 Å². The van der Waals surface area contributed by atoms with Gasteiger partial charge in [-0.15, -0.1) is 0 Å². The maximum Gasteiger partial charge on any atom is 0.251 e. The van der Waals surface area contributed by atoms with Crippen molar-refractivity contribution in [2.24, 2.45) is 23.7 Å². The minimum atomic E-state index is -0.0989. The van der Waals surface area contributed by atoms with Crippen molar-refractivity contribution in [1.82, 2.24) is 20.3 Å². The average molecular weight is 690 g/mol. The summed E-state index contributed by atoms with van der Waals surface area (Å²) in [7, 11) is 0. The highest BCUT2D eigenvalue weighted by molar-refractivity contribution is 5.94. The summed E-state index contributed by atoms with van der Waals surface area (Å²) in [5, 5.41) is 13.6. The zero-order chi connectivity index (χ0) is 34.7. The van der Waals surface area contributed by atoms with Gasteiger partial charge in [0.2, 0.25) is 17.8 Å². The van der Waals surface area contributed by atoms with E-state index in [-0.39, 0.29) is 11.8 Å². The molecule has 4 aliphatic carbocycles. The summed E-state index contributed by atoms with van der Waals surface area (Å²) in [6.45, 7) is 3.54. The molecular weight excluding hydrogens is 638 g/mol. The fourth-order valence-corrected chi connectivity index (χ4v) is 8.62. The molecule has 8 rings (SSSR count). The smallest absolute Gasteiger partial charge is 0.251 e. The number of benzene rings is 3. The third-order valence-electron chi connectivity index (χ3n) is 10.7. The lowest BCUT2D eigenvalue weighted by atomic mass is 9.54. The van der Waals surface area contributed by atoms with Crippen LogP contribution in [0.15, 0.2) is 91.0 Å². The quantitative estimate of drug-likeness (QED) is 0.0806. The highest BCUT2D eigenvalue weighted by Crippen LogP contribution is 2.54. The van der Waals surface area contributed by atoms with Crippen molar-refractivity contribution in [3.63, 3.8) is 0 Å². The number of nitrogens with zero attached hydrogens (tertiary/aromatic N) is 3. The summed E-state index contributed by atoms with van der Waals surface area (Å²) in [6, 6.07) is 31.0. The molecule has 0 atom stereocenters. The predicted molar refractivity (Wildman–Crippen MR) is 201 cm³/mol. The molecule has 4 aliphatic rings. The van der Waals surface area contributed by atoms with Crippen LogP contribution in [0.4, 0.5) is 17.8 Å². The monoisotopic (exact) mass is 689 g/mol. The maximum atomic E-state index is 12.1. The van der Waals surface area contributed by atoms with Crippen molar-refractivity contribution >= 4 is 23.8 Å². The lowest BCUT2D eigenvalue weighted by Gasteiger charge is -2.54. The molecule has 4 saturated carbocycles. The molecule has 1 aromatic heterocycles. The number of hydrogen-bond donors (Lipinski definition) is 4. The van der Waals surface area contributed by atoms with Gasteiger partial charge in [0, 0.05) is 37.2 Å². The first-order chi connectivity index (χ1) is 25.2. The van der Waals surface area contributed by atoms with Crippen molar-refractivity contribution in [3.05, 3.63) is 108 Å². The molecule has 4 aromatic rings. The summed E-state index contributed by atoms with van der Waals surface area (Å²) in [4.78, 5) is 26.6. The average Bonchev–Trinajstić information content (AvgIpc) is 3.16. The molecule has 51 heavy (non-hydrogen) atoms. The number of aromatic nitrogens is 3. The second-order valence-electron chi connectivity index (χ2n) is 14.3. The van der Waals surface area contributed by atoms with Crippen LogP contribution in [0.3, 0.4) is 0 Å². The van der Waals surface area contributed by atoms with Crippen molar-refractivity contribution in [3.8, 4) is 0 Å². The van der Waals surface area contributed by atoms with Gasteiger partial charge in [0.05, 0.1) is 26.4 Å². The second kappa shape index (κ2) is 17.6. The number of amides is 1. The highest BCUT2D eigenvalue weighted by atomic mass is 16.5. The Kier molecular flexibility index (Phi) is 12.0. The van der Waals surface area contributed by atoms with Gasteiger partial charge in [-0.25, -0.2) is 0 Å². The van der Waals surface area contributed by atoms with Gasteiger partial charge >= 0.3 is 0 Å². The van der Waals surface area contributed by atoms with Crippen LogP contribution < -0.4 is 21.3 Å². The maximum absolute atomic E-state index is 12.1. The first-order valence-electron chi connectivity index (χ1n) is 18.8. The molecule has 4 N–H and O–H groups in total. The topological polar surface area (TPSA) is 122 Å². The number of anilines is 3. The van der Waals surface area contributed by atoms with Gasteiger partial charge in [-0.3, -0.25) is 4.79 Å². The lowest BCUT2D eigenvalue weighted by molar-refractivity contribution is 0.00728. The van der Waals surface area contributed by atoms with Crippen molar-refractivity contribution < 1.29 is 14.3 Å². The van der Waals surface area contributed by atoms with Gasteiger partial charge < -0.3 is 30.7 Å². The van der Waals surface area contributed by atoms with Crippen LogP contribution in [0.25, 0.3) is 0 Å². The van der Waals surface area contributed by atoms with E-state index in [1.807, 2.05) is 18.2 Å². The summed E-state index contributed by atoms with van der Waals surface area (Å²) in [6.07, 6.45) is 7.65. The van der Waals surface area contributed by atoms with Crippen LogP contribution in [0, 0.1) is 23.7 Å². The van der Waals surface area contributed by atoms with E-state index >= 15 is 0 Å². The molecule has 0 unspecified atom stereocenters. The number of nitrogens with one attached hydrogen (secondary N) is 4. The fraction of sp³-hybridized carbons (Fsp3) is 0.463. The van der Waals surface area contributed by atoms with E-state index in [0.717, 1.165) is 18.3 Å². The Morgan fingerprint density at radius 1 is 0.608 bits per heavy atom. The fourth-order valence-electron chi connectivity index (χ4n) is 8.62. The standard InChI is InChI=1S/C41H51N7O3/c49-38(33-14-8-3-9-15-33)42-18-20-50-22-23-51-21-19-44-40-46-39(43-17-16-36(31-10-4-1-5-11-31)32-12-6-2-7-13-32)47-41(48-40)45-37-34-25-29-24-30(27-34)28-35(37)26-29/h1-15,29-30,34-37H,16-28H2,(H,42,49)(H3,43,44,45,46,47,48). The third kappa shape index (κ3) is 9.62. The summed E-state index contributed by atoms with van der Waals surface area (Å²) in [5.74, 6) is 5.15. The van der Waals surface area contributed by atoms with Crippen molar-refractivity contribution in [2.75, 3.05) is 62.0 Å². The molecule has 1 heterocycles. The molecule has 4 fully saturated rings. The second-order valence-corrected chi connectivity index (χ2v) is 14.3. The summed E-state index contributed by atoms with van der Waals surface area (Å²) >= 11 is 0. The molecular formula is C41H51N7O3. The van der Waals surface area contributed by atoms with Crippen LogP contribution in [-0.4, -0.2) is 73.0 Å². The Morgan fingerprint density at radius 3 is 1.71 bits per heavy atom. The Labute approximate surface area is 301 Å². The zero-order valence-electron chi connectivity index (χ0n) is 29.4. The molecule has 0 aliphatic heterocycles. The van der Waals surface area contributed by atoms with Gasteiger partial charge in [-0.1, -0.05) is 78.9 Å². The number of hydrogen-bond acceptors (Lipinski definition) is 9. The van der Waals surface area contributed by atoms with Crippen LogP contribution in [0.1, 0.15) is 65.9 Å². The van der Waals surface area contributed by atoms with Crippen LogP contribution in [0.5, 0.6) is 0 Å². The minimum Gasteiger partial charge on any atom is -0.377 e.